The van der Waals surface area contributed by atoms with Gasteiger partial charge in [-0.15, -0.1) is 0 Å². The number of halogens is 2. The molecule has 2 fully saturated rings. The van der Waals surface area contributed by atoms with E-state index < -0.39 is 4.92 Å². The number of alkyl halides is 1. The van der Waals surface area contributed by atoms with Gasteiger partial charge in [0.15, 0.2) is 0 Å². The van der Waals surface area contributed by atoms with E-state index >= 15 is 0 Å². The van der Waals surface area contributed by atoms with E-state index in [-0.39, 0.29) is 5.69 Å². The summed E-state index contributed by atoms with van der Waals surface area (Å²) in [6, 6.07) is 2.97. The summed E-state index contributed by atoms with van der Waals surface area (Å²) >= 11 is 9.30. The molecule has 0 unspecified atom stereocenters. The van der Waals surface area contributed by atoms with Gasteiger partial charge in [0.25, 0.3) is 5.69 Å². The smallest absolute Gasteiger partial charge is 0.274 e. The number of hydrogen-bond acceptors (Lipinski definition) is 3. The topological polar surface area (TPSA) is 52.4 Å². The molecule has 0 saturated heterocycles. The van der Waals surface area contributed by atoms with Gasteiger partial charge in [-0.05, 0) is 50.5 Å². The third-order valence-electron chi connectivity index (χ3n) is 3.53. The van der Waals surface area contributed by atoms with Crippen molar-refractivity contribution < 1.29 is 9.66 Å². The lowest BCUT2D eigenvalue weighted by Gasteiger charge is -2.08. The summed E-state index contributed by atoms with van der Waals surface area (Å²) in [5, 5.41) is 12.2. The van der Waals surface area contributed by atoms with Gasteiger partial charge in [-0.1, -0.05) is 27.5 Å². The average molecular weight is 377 g/mol. The van der Waals surface area contributed by atoms with Crippen molar-refractivity contribution in [1.29, 1.82) is 0 Å². The Morgan fingerprint density at radius 1 is 1.33 bits per heavy atom. The van der Waals surface area contributed by atoms with E-state index in [4.69, 9.17) is 16.3 Å². The molecule has 0 bridgehead atoms. The molecule has 0 aromatic heterocycles. The summed E-state index contributed by atoms with van der Waals surface area (Å²) in [6.45, 7) is 2.33. The molecule has 0 aliphatic heterocycles. The fraction of sp³-hybridized carbons (Fsp3) is 0.600. The molecule has 4 nitrogen and oxygen atoms in total. The monoisotopic (exact) mass is 375 g/mol. The minimum atomic E-state index is -0.439. The Labute approximate surface area is 138 Å². The quantitative estimate of drug-likeness (QED) is 0.406. The zero-order valence-electron chi connectivity index (χ0n) is 12.0. The normalized spacial score (nSPS) is 16.9. The van der Waals surface area contributed by atoms with Gasteiger partial charge in [-0.3, -0.25) is 10.1 Å². The van der Waals surface area contributed by atoms with Gasteiger partial charge in [0.1, 0.15) is 5.75 Å². The molecule has 3 rings (SSSR count). The Morgan fingerprint density at radius 2 is 1.95 bits per heavy atom. The Bertz CT molecular complexity index is 516. The van der Waals surface area contributed by atoms with Gasteiger partial charge in [0, 0.05) is 17.0 Å². The largest absolute Gasteiger partial charge is 0.492 e. The molecule has 6 heteroatoms. The lowest BCUT2D eigenvalue weighted by Crippen LogP contribution is -2.01. The van der Waals surface area contributed by atoms with E-state index in [1.54, 1.807) is 13.0 Å². The zero-order valence-corrected chi connectivity index (χ0v) is 14.3. The van der Waals surface area contributed by atoms with Crippen LogP contribution in [-0.4, -0.2) is 16.9 Å². The van der Waals surface area contributed by atoms with Gasteiger partial charge in [0.05, 0.1) is 16.6 Å². The SMILES string of the molecule is BrCC1CC1.Cc1cc(OCC2CC2)c(Cl)cc1[N+](=O)[O-]. The van der Waals surface area contributed by atoms with Crippen molar-refractivity contribution in [2.75, 3.05) is 11.9 Å². The van der Waals surface area contributed by atoms with Crippen LogP contribution in [0, 0.1) is 28.9 Å². The highest BCUT2D eigenvalue weighted by Crippen LogP contribution is 2.35. The van der Waals surface area contributed by atoms with Crippen LogP contribution in [0.25, 0.3) is 0 Å². The van der Waals surface area contributed by atoms with Crippen LogP contribution in [0.3, 0.4) is 0 Å². The van der Waals surface area contributed by atoms with Crippen molar-refractivity contribution in [1.82, 2.24) is 0 Å². The molecule has 0 atom stereocenters. The average Bonchev–Trinajstić information content (AvgIpc) is 3.32. The Kier molecular flexibility index (Phi) is 5.88. The predicted octanol–water partition coefficient (Wildman–Crippen LogP) is 5.14. The third kappa shape index (κ3) is 5.47. The van der Waals surface area contributed by atoms with Crippen LogP contribution >= 0.6 is 27.5 Å². The summed E-state index contributed by atoms with van der Waals surface area (Å²) in [7, 11) is 0. The molecule has 0 radical (unpaired) electrons. The van der Waals surface area contributed by atoms with Gasteiger partial charge >= 0.3 is 0 Å². The molecule has 0 amide bonds. The van der Waals surface area contributed by atoms with Gasteiger partial charge < -0.3 is 4.74 Å². The van der Waals surface area contributed by atoms with Gasteiger partial charge in [-0.25, -0.2) is 0 Å². The number of ether oxygens (including phenoxy) is 1. The second-order valence-electron chi connectivity index (χ2n) is 5.68. The lowest BCUT2D eigenvalue weighted by atomic mass is 10.2. The van der Waals surface area contributed by atoms with E-state index in [2.05, 4.69) is 15.9 Å². The van der Waals surface area contributed by atoms with Crippen LogP contribution < -0.4 is 4.74 Å². The highest BCUT2D eigenvalue weighted by atomic mass is 79.9. The van der Waals surface area contributed by atoms with Crippen molar-refractivity contribution in [3.05, 3.63) is 32.8 Å². The summed E-state index contributed by atoms with van der Waals surface area (Å²) in [6.07, 6.45) is 5.32. The number of aryl methyl sites for hydroxylation is 1. The molecular formula is C15H19BrClNO3. The number of benzene rings is 1. The third-order valence-corrected chi connectivity index (χ3v) is 4.74. The van der Waals surface area contributed by atoms with Crippen molar-refractivity contribution in [2.45, 2.75) is 32.6 Å². The first-order valence-electron chi connectivity index (χ1n) is 7.14. The van der Waals surface area contributed by atoms with Crippen LogP contribution in [0.15, 0.2) is 12.1 Å². The van der Waals surface area contributed by atoms with E-state index in [0.29, 0.717) is 28.9 Å². The first-order valence-corrected chi connectivity index (χ1v) is 8.64. The summed E-state index contributed by atoms with van der Waals surface area (Å²) < 4.78 is 5.52. The van der Waals surface area contributed by atoms with E-state index in [1.807, 2.05) is 0 Å². The molecule has 2 aliphatic carbocycles. The van der Waals surface area contributed by atoms with E-state index in [0.717, 1.165) is 5.92 Å². The maximum absolute atomic E-state index is 10.7. The van der Waals surface area contributed by atoms with Crippen molar-refractivity contribution >= 4 is 33.2 Å². The van der Waals surface area contributed by atoms with Crippen LogP contribution in [0.1, 0.15) is 31.2 Å². The van der Waals surface area contributed by atoms with Crippen molar-refractivity contribution in [2.24, 2.45) is 11.8 Å². The number of rotatable bonds is 5. The van der Waals surface area contributed by atoms with E-state index in [1.165, 1.54) is 37.1 Å². The molecule has 2 saturated carbocycles. The number of nitro benzene ring substituents is 1. The maximum Gasteiger partial charge on any atom is 0.274 e. The molecule has 21 heavy (non-hydrogen) atoms. The summed E-state index contributed by atoms with van der Waals surface area (Å²) in [4.78, 5) is 10.2. The molecule has 1 aromatic rings. The minimum absolute atomic E-state index is 0.0313. The second kappa shape index (κ2) is 7.45. The molecule has 116 valence electrons. The minimum Gasteiger partial charge on any atom is -0.492 e. The standard InChI is InChI=1S/C11H12ClNO3.C4H7Br/c1-7-4-11(16-6-8-2-3-8)9(12)5-10(7)13(14)15;5-3-4-1-2-4/h4-5,8H,2-3,6H2,1H3;4H,1-3H2. The first-order chi connectivity index (χ1) is 10.0. The van der Waals surface area contributed by atoms with Crippen LogP contribution in [0.5, 0.6) is 5.75 Å². The van der Waals surface area contributed by atoms with Crippen LogP contribution in [0.4, 0.5) is 5.69 Å². The molecular weight excluding hydrogens is 358 g/mol. The van der Waals surface area contributed by atoms with Crippen LogP contribution in [-0.2, 0) is 0 Å². The highest BCUT2D eigenvalue weighted by molar-refractivity contribution is 9.09. The van der Waals surface area contributed by atoms with Gasteiger partial charge in [-0.2, -0.15) is 0 Å². The second-order valence-corrected chi connectivity index (χ2v) is 6.73. The molecule has 0 heterocycles. The maximum atomic E-state index is 10.7. The molecule has 0 spiro atoms. The fourth-order valence-corrected chi connectivity index (χ4v) is 2.58. The van der Waals surface area contributed by atoms with Crippen molar-refractivity contribution in [3.63, 3.8) is 0 Å². The highest BCUT2D eigenvalue weighted by Gasteiger charge is 2.23. The molecule has 0 N–H and O–H groups in total. The Balaban J connectivity index is 0.000000272. The van der Waals surface area contributed by atoms with Gasteiger partial charge in [0.2, 0.25) is 0 Å². The molecule has 1 aromatic carbocycles. The lowest BCUT2D eigenvalue weighted by molar-refractivity contribution is -0.385. The fourth-order valence-electron chi connectivity index (χ4n) is 1.72. The predicted molar refractivity (Wildman–Crippen MR) is 87.6 cm³/mol. The zero-order chi connectivity index (χ0) is 15.4. The van der Waals surface area contributed by atoms with E-state index in [9.17, 15) is 10.1 Å². The number of hydrogen-bond donors (Lipinski definition) is 0. The van der Waals surface area contributed by atoms with Crippen molar-refractivity contribution in [3.8, 4) is 5.75 Å². The number of nitro groups is 1. The molecule has 2 aliphatic rings. The Morgan fingerprint density at radius 3 is 2.38 bits per heavy atom. The van der Waals surface area contributed by atoms with Crippen LogP contribution in [0.2, 0.25) is 5.02 Å². The summed E-state index contributed by atoms with van der Waals surface area (Å²) in [5.74, 6) is 2.22. The number of nitrogens with zero attached hydrogens (tertiary/aromatic N) is 1. The summed E-state index contributed by atoms with van der Waals surface area (Å²) in [5.41, 5.74) is 0.601. The first kappa shape index (κ1) is 16.6. The Hall–Kier alpha value is -0.810.